The molecule has 1 heterocycles. The summed E-state index contributed by atoms with van der Waals surface area (Å²) in [5.41, 5.74) is 0.707. The van der Waals surface area contributed by atoms with Crippen LogP contribution in [0.25, 0.3) is 0 Å². The molecular weight excluding hydrogens is 268 g/mol. The first kappa shape index (κ1) is 15.0. The SMILES string of the molecule is CCOc1ccc(NC(=O)N[C@@H](C)c2ccc(C)o2)cc1. The number of hydrogen-bond acceptors (Lipinski definition) is 3. The summed E-state index contributed by atoms with van der Waals surface area (Å²) in [4.78, 5) is 11.9. The highest BCUT2D eigenvalue weighted by molar-refractivity contribution is 5.89. The molecule has 1 aromatic carbocycles. The molecule has 21 heavy (non-hydrogen) atoms. The summed E-state index contributed by atoms with van der Waals surface area (Å²) >= 11 is 0. The number of aryl methyl sites for hydroxylation is 1. The van der Waals surface area contributed by atoms with Gasteiger partial charge in [0.2, 0.25) is 0 Å². The number of nitrogens with one attached hydrogen (secondary N) is 2. The van der Waals surface area contributed by atoms with Gasteiger partial charge in [-0.3, -0.25) is 0 Å². The number of anilines is 1. The van der Waals surface area contributed by atoms with Crippen molar-refractivity contribution >= 4 is 11.7 Å². The number of rotatable bonds is 5. The largest absolute Gasteiger partial charge is 0.494 e. The summed E-state index contributed by atoms with van der Waals surface area (Å²) in [6.07, 6.45) is 0. The minimum absolute atomic E-state index is 0.193. The topological polar surface area (TPSA) is 63.5 Å². The first-order valence-corrected chi connectivity index (χ1v) is 6.95. The Hall–Kier alpha value is -2.43. The van der Waals surface area contributed by atoms with E-state index in [1.165, 1.54) is 0 Å². The van der Waals surface area contributed by atoms with E-state index in [1.54, 1.807) is 12.1 Å². The highest BCUT2D eigenvalue weighted by atomic mass is 16.5. The Bertz CT molecular complexity index is 590. The summed E-state index contributed by atoms with van der Waals surface area (Å²) in [7, 11) is 0. The fraction of sp³-hybridized carbons (Fsp3) is 0.312. The Balaban J connectivity index is 1.89. The van der Waals surface area contributed by atoms with Gasteiger partial charge in [0.05, 0.1) is 12.6 Å². The molecule has 1 atom stereocenters. The van der Waals surface area contributed by atoms with Crippen molar-refractivity contribution in [3.8, 4) is 5.75 Å². The molecule has 0 aliphatic heterocycles. The molecule has 0 saturated heterocycles. The highest BCUT2D eigenvalue weighted by Crippen LogP contribution is 2.17. The molecule has 0 bridgehead atoms. The number of furan rings is 1. The van der Waals surface area contributed by atoms with Crippen LogP contribution < -0.4 is 15.4 Å². The molecule has 5 heteroatoms. The van der Waals surface area contributed by atoms with Crippen LogP contribution in [-0.2, 0) is 0 Å². The number of benzene rings is 1. The Morgan fingerprint density at radius 2 is 1.95 bits per heavy atom. The van der Waals surface area contributed by atoms with Crippen molar-refractivity contribution in [2.45, 2.75) is 26.8 Å². The van der Waals surface area contributed by atoms with Crippen LogP contribution in [0.15, 0.2) is 40.8 Å². The Morgan fingerprint density at radius 1 is 1.24 bits per heavy atom. The van der Waals surface area contributed by atoms with Gasteiger partial charge in [-0.2, -0.15) is 0 Å². The lowest BCUT2D eigenvalue weighted by atomic mass is 10.2. The lowest BCUT2D eigenvalue weighted by molar-refractivity contribution is 0.247. The molecule has 0 radical (unpaired) electrons. The molecular formula is C16H20N2O3. The van der Waals surface area contributed by atoms with E-state index in [0.29, 0.717) is 12.3 Å². The maximum atomic E-state index is 11.9. The first-order chi connectivity index (χ1) is 10.1. The van der Waals surface area contributed by atoms with Crippen molar-refractivity contribution in [3.63, 3.8) is 0 Å². The van der Waals surface area contributed by atoms with Crippen LogP contribution in [0.2, 0.25) is 0 Å². The summed E-state index contributed by atoms with van der Waals surface area (Å²) < 4.78 is 10.8. The smallest absolute Gasteiger partial charge is 0.319 e. The fourth-order valence-corrected chi connectivity index (χ4v) is 1.92. The lowest BCUT2D eigenvalue weighted by Gasteiger charge is -2.13. The van der Waals surface area contributed by atoms with E-state index < -0.39 is 0 Å². The van der Waals surface area contributed by atoms with Gasteiger partial charge < -0.3 is 19.8 Å². The zero-order valence-corrected chi connectivity index (χ0v) is 12.5. The molecule has 0 saturated carbocycles. The molecule has 0 unspecified atom stereocenters. The van der Waals surface area contributed by atoms with Gasteiger partial charge in [-0.05, 0) is 57.2 Å². The zero-order chi connectivity index (χ0) is 15.2. The van der Waals surface area contributed by atoms with Crippen LogP contribution in [0.3, 0.4) is 0 Å². The molecule has 112 valence electrons. The third-order valence-corrected chi connectivity index (χ3v) is 2.96. The molecule has 0 aliphatic carbocycles. The zero-order valence-electron chi connectivity index (χ0n) is 12.5. The molecule has 2 rings (SSSR count). The van der Waals surface area contributed by atoms with Crippen LogP contribution in [0, 0.1) is 6.92 Å². The van der Waals surface area contributed by atoms with Gasteiger partial charge >= 0.3 is 6.03 Å². The molecule has 5 nitrogen and oxygen atoms in total. The van der Waals surface area contributed by atoms with Gasteiger partial charge in [-0.25, -0.2) is 4.79 Å². The summed E-state index contributed by atoms with van der Waals surface area (Å²) in [5.74, 6) is 2.34. The summed E-state index contributed by atoms with van der Waals surface area (Å²) in [5, 5.41) is 5.59. The Kier molecular flexibility index (Phi) is 4.87. The second-order valence-electron chi connectivity index (χ2n) is 4.73. The summed E-state index contributed by atoms with van der Waals surface area (Å²) in [6, 6.07) is 10.5. The third-order valence-electron chi connectivity index (χ3n) is 2.96. The molecule has 2 aromatic rings. The second-order valence-corrected chi connectivity index (χ2v) is 4.73. The normalized spacial score (nSPS) is 11.8. The van der Waals surface area contributed by atoms with Gasteiger partial charge in [-0.15, -0.1) is 0 Å². The Morgan fingerprint density at radius 3 is 2.52 bits per heavy atom. The summed E-state index contributed by atoms with van der Waals surface area (Å²) in [6.45, 7) is 6.29. The fourth-order valence-electron chi connectivity index (χ4n) is 1.92. The van der Waals surface area contributed by atoms with Crippen LogP contribution in [0.5, 0.6) is 5.75 Å². The number of amides is 2. The number of ether oxygens (including phenoxy) is 1. The molecule has 1 aromatic heterocycles. The van der Waals surface area contributed by atoms with E-state index in [-0.39, 0.29) is 12.1 Å². The maximum absolute atomic E-state index is 11.9. The van der Waals surface area contributed by atoms with Crippen LogP contribution in [0.1, 0.15) is 31.4 Å². The molecule has 2 amide bonds. The maximum Gasteiger partial charge on any atom is 0.319 e. The number of hydrogen-bond donors (Lipinski definition) is 2. The van der Waals surface area contributed by atoms with Crippen LogP contribution in [0.4, 0.5) is 10.5 Å². The number of carbonyl (C=O) groups is 1. The minimum atomic E-state index is -0.277. The third kappa shape index (κ3) is 4.27. The van der Waals surface area contributed by atoms with Crippen molar-refractivity contribution in [1.82, 2.24) is 5.32 Å². The second kappa shape index (κ2) is 6.83. The van der Waals surface area contributed by atoms with Crippen molar-refractivity contribution < 1.29 is 13.9 Å². The van der Waals surface area contributed by atoms with Crippen LogP contribution >= 0.6 is 0 Å². The predicted molar refractivity (Wildman–Crippen MR) is 81.6 cm³/mol. The highest BCUT2D eigenvalue weighted by Gasteiger charge is 2.12. The molecule has 0 spiro atoms. The van der Waals surface area contributed by atoms with Gasteiger partial charge in [0, 0.05) is 5.69 Å². The number of carbonyl (C=O) groups excluding carboxylic acids is 1. The van der Waals surface area contributed by atoms with E-state index in [1.807, 2.05) is 45.0 Å². The van der Waals surface area contributed by atoms with E-state index in [0.717, 1.165) is 17.3 Å². The monoisotopic (exact) mass is 288 g/mol. The van der Waals surface area contributed by atoms with Gasteiger partial charge in [-0.1, -0.05) is 0 Å². The molecule has 2 N–H and O–H groups in total. The quantitative estimate of drug-likeness (QED) is 0.877. The average molecular weight is 288 g/mol. The molecule has 0 aliphatic rings. The standard InChI is InChI=1S/C16H20N2O3/c1-4-20-14-8-6-13(7-9-14)18-16(19)17-12(3)15-10-5-11(2)21-15/h5-10,12H,4H2,1-3H3,(H2,17,18,19)/t12-/m0/s1. The van der Waals surface area contributed by atoms with Gasteiger partial charge in [0.25, 0.3) is 0 Å². The lowest BCUT2D eigenvalue weighted by Crippen LogP contribution is -2.30. The molecule has 0 fully saturated rings. The van der Waals surface area contributed by atoms with Crippen LogP contribution in [-0.4, -0.2) is 12.6 Å². The van der Waals surface area contributed by atoms with E-state index >= 15 is 0 Å². The predicted octanol–water partition coefficient (Wildman–Crippen LogP) is 3.87. The van der Waals surface area contributed by atoms with Gasteiger partial charge in [0.1, 0.15) is 17.3 Å². The van der Waals surface area contributed by atoms with E-state index in [2.05, 4.69) is 10.6 Å². The van der Waals surface area contributed by atoms with E-state index in [4.69, 9.17) is 9.15 Å². The van der Waals surface area contributed by atoms with Crippen molar-refractivity contribution in [3.05, 3.63) is 47.9 Å². The van der Waals surface area contributed by atoms with E-state index in [9.17, 15) is 4.79 Å². The number of urea groups is 1. The van der Waals surface area contributed by atoms with Gasteiger partial charge in [0.15, 0.2) is 0 Å². The van der Waals surface area contributed by atoms with Crippen molar-refractivity contribution in [2.75, 3.05) is 11.9 Å². The van der Waals surface area contributed by atoms with Crippen molar-refractivity contribution in [1.29, 1.82) is 0 Å². The average Bonchev–Trinajstić information content (AvgIpc) is 2.88. The Labute approximate surface area is 124 Å². The minimum Gasteiger partial charge on any atom is -0.494 e. The first-order valence-electron chi connectivity index (χ1n) is 6.95. The van der Waals surface area contributed by atoms with Crippen molar-refractivity contribution in [2.24, 2.45) is 0 Å².